The number of hydrogen-bond donors (Lipinski definition) is 0. The maximum atomic E-state index is 13.4. The van der Waals surface area contributed by atoms with Gasteiger partial charge in [-0.15, -0.1) is 0 Å². The van der Waals surface area contributed by atoms with Gasteiger partial charge in [-0.1, -0.05) is 0 Å². The van der Waals surface area contributed by atoms with Crippen LogP contribution in [0.1, 0.15) is 18.5 Å². The zero-order valence-corrected chi connectivity index (χ0v) is 8.30. The zero-order valence-electron chi connectivity index (χ0n) is 6.14. The molecule has 1 aromatic heterocycles. The van der Waals surface area contributed by atoms with Crippen LogP contribution in [0.5, 0.6) is 0 Å². The zero-order chi connectivity index (χ0) is 8.06. The van der Waals surface area contributed by atoms with Crippen molar-refractivity contribution in [2.75, 3.05) is 0 Å². The van der Waals surface area contributed by atoms with E-state index in [1.54, 1.807) is 4.68 Å². The van der Waals surface area contributed by atoms with Crippen molar-refractivity contribution >= 4 is 22.6 Å². The van der Waals surface area contributed by atoms with E-state index in [0.29, 0.717) is 18.5 Å². The smallest absolute Gasteiger partial charge is 0.155 e. The minimum atomic E-state index is -1.09. The van der Waals surface area contributed by atoms with E-state index >= 15 is 0 Å². The molecule has 1 heterocycles. The molecule has 1 aromatic rings. The molecular formula is C7H8FIN2. The Morgan fingerprint density at radius 1 is 1.73 bits per heavy atom. The van der Waals surface area contributed by atoms with Gasteiger partial charge >= 0.3 is 0 Å². The summed E-state index contributed by atoms with van der Waals surface area (Å²) >= 11 is 2.12. The van der Waals surface area contributed by atoms with E-state index in [1.165, 1.54) is 0 Å². The summed E-state index contributed by atoms with van der Waals surface area (Å²) in [6.45, 7) is 0. The lowest BCUT2D eigenvalue weighted by molar-refractivity contribution is 0.306. The third kappa shape index (κ3) is 1.17. The highest BCUT2D eigenvalue weighted by Gasteiger charge is 2.48. The number of hydrogen-bond acceptors (Lipinski definition) is 1. The van der Waals surface area contributed by atoms with Crippen LogP contribution < -0.4 is 0 Å². The molecule has 1 aliphatic carbocycles. The van der Waals surface area contributed by atoms with E-state index in [2.05, 4.69) is 27.7 Å². The Kier molecular flexibility index (Phi) is 1.49. The van der Waals surface area contributed by atoms with Crippen LogP contribution in [0.25, 0.3) is 0 Å². The van der Waals surface area contributed by atoms with E-state index in [0.717, 1.165) is 3.57 Å². The summed E-state index contributed by atoms with van der Waals surface area (Å²) in [5, 5.41) is 4.08. The molecule has 0 saturated heterocycles. The van der Waals surface area contributed by atoms with Gasteiger partial charge in [0.05, 0.1) is 3.57 Å². The third-order valence-corrected chi connectivity index (χ3v) is 2.69. The molecule has 0 unspecified atom stereocenters. The summed E-state index contributed by atoms with van der Waals surface area (Å²) in [5.74, 6) is 0. The SMILES string of the molecule is Cn1cc(I)c(C2(F)CC2)n1. The quantitative estimate of drug-likeness (QED) is 0.711. The summed E-state index contributed by atoms with van der Waals surface area (Å²) < 4.78 is 16.0. The van der Waals surface area contributed by atoms with Crippen molar-refractivity contribution in [1.29, 1.82) is 0 Å². The van der Waals surface area contributed by atoms with Crippen LogP contribution in [-0.4, -0.2) is 9.78 Å². The molecule has 1 saturated carbocycles. The average molecular weight is 266 g/mol. The van der Waals surface area contributed by atoms with Gasteiger partial charge in [0.2, 0.25) is 0 Å². The molecule has 0 aliphatic heterocycles. The predicted octanol–water partition coefficient (Wildman–Crippen LogP) is 1.98. The number of rotatable bonds is 1. The normalized spacial score (nSPS) is 20.3. The summed E-state index contributed by atoms with van der Waals surface area (Å²) in [6.07, 6.45) is 3.12. The van der Waals surface area contributed by atoms with Gasteiger partial charge in [-0.2, -0.15) is 5.10 Å². The van der Waals surface area contributed by atoms with Crippen LogP contribution >= 0.6 is 22.6 Å². The van der Waals surface area contributed by atoms with Crippen LogP contribution in [0.15, 0.2) is 6.20 Å². The largest absolute Gasteiger partial charge is 0.274 e. The summed E-state index contributed by atoms with van der Waals surface area (Å²) in [4.78, 5) is 0. The van der Waals surface area contributed by atoms with Gasteiger partial charge in [0, 0.05) is 13.2 Å². The molecular weight excluding hydrogens is 258 g/mol. The standard InChI is InChI=1S/C7H8FIN2/c1-11-4-5(9)6(10-11)7(8)2-3-7/h4H,2-3H2,1H3. The second-order valence-corrected chi connectivity index (χ2v) is 4.13. The van der Waals surface area contributed by atoms with Gasteiger partial charge in [-0.05, 0) is 35.4 Å². The molecule has 0 aromatic carbocycles. The van der Waals surface area contributed by atoms with Crippen molar-refractivity contribution in [2.45, 2.75) is 18.5 Å². The van der Waals surface area contributed by atoms with Gasteiger partial charge in [-0.25, -0.2) is 4.39 Å². The first-order valence-corrected chi connectivity index (χ1v) is 4.58. The molecule has 0 spiro atoms. The van der Waals surface area contributed by atoms with Gasteiger partial charge in [-0.3, -0.25) is 4.68 Å². The summed E-state index contributed by atoms with van der Waals surface area (Å²) in [6, 6.07) is 0. The highest BCUT2D eigenvalue weighted by Crippen LogP contribution is 2.49. The van der Waals surface area contributed by atoms with Crippen molar-refractivity contribution in [2.24, 2.45) is 7.05 Å². The van der Waals surface area contributed by atoms with Crippen LogP contribution in [0.3, 0.4) is 0 Å². The Morgan fingerprint density at radius 3 is 2.73 bits per heavy atom. The lowest BCUT2D eigenvalue weighted by Gasteiger charge is -1.98. The second kappa shape index (κ2) is 2.18. The minimum absolute atomic E-state index is 0.626. The maximum absolute atomic E-state index is 13.4. The van der Waals surface area contributed by atoms with Gasteiger partial charge in [0.25, 0.3) is 0 Å². The van der Waals surface area contributed by atoms with E-state index in [4.69, 9.17) is 0 Å². The Bertz CT molecular complexity index is 291. The Hall–Kier alpha value is -0.130. The molecule has 0 amide bonds. The topological polar surface area (TPSA) is 17.8 Å². The number of halogens is 2. The lowest BCUT2D eigenvalue weighted by atomic mass is 10.3. The molecule has 0 radical (unpaired) electrons. The molecule has 1 fully saturated rings. The van der Waals surface area contributed by atoms with Crippen LogP contribution in [0.2, 0.25) is 0 Å². The van der Waals surface area contributed by atoms with Crippen molar-refractivity contribution in [3.05, 3.63) is 15.5 Å². The minimum Gasteiger partial charge on any atom is -0.274 e. The molecule has 2 nitrogen and oxygen atoms in total. The number of nitrogens with zero attached hydrogens (tertiary/aromatic N) is 2. The summed E-state index contributed by atoms with van der Waals surface area (Å²) in [5.41, 5.74) is -0.460. The fraction of sp³-hybridized carbons (Fsp3) is 0.571. The van der Waals surface area contributed by atoms with Gasteiger partial charge in [0.1, 0.15) is 5.69 Å². The Balaban J connectivity index is 2.44. The first-order valence-electron chi connectivity index (χ1n) is 3.50. The Morgan fingerprint density at radius 2 is 2.36 bits per heavy atom. The van der Waals surface area contributed by atoms with Crippen molar-refractivity contribution in [1.82, 2.24) is 9.78 Å². The molecule has 0 atom stereocenters. The molecule has 2 rings (SSSR count). The monoisotopic (exact) mass is 266 g/mol. The predicted molar refractivity (Wildman–Crippen MR) is 47.9 cm³/mol. The van der Waals surface area contributed by atoms with Crippen molar-refractivity contribution < 1.29 is 4.39 Å². The molecule has 0 N–H and O–H groups in total. The van der Waals surface area contributed by atoms with Crippen LogP contribution in [0, 0.1) is 3.57 Å². The third-order valence-electron chi connectivity index (χ3n) is 1.90. The van der Waals surface area contributed by atoms with E-state index in [1.807, 2.05) is 13.2 Å². The number of alkyl halides is 1. The first kappa shape index (κ1) is 7.52. The summed E-state index contributed by atoms with van der Waals surface area (Å²) in [7, 11) is 1.82. The lowest BCUT2D eigenvalue weighted by Crippen LogP contribution is -2.01. The molecule has 11 heavy (non-hydrogen) atoms. The molecule has 0 bridgehead atoms. The van der Waals surface area contributed by atoms with E-state index in [9.17, 15) is 4.39 Å². The fourth-order valence-corrected chi connectivity index (χ4v) is 2.10. The van der Waals surface area contributed by atoms with Crippen molar-refractivity contribution in [3.8, 4) is 0 Å². The maximum Gasteiger partial charge on any atom is 0.155 e. The number of aryl methyl sites for hydroxylation is 1. The Labute approximate surface area is 77.9 Å². The van der Waals surface area contributed by atoms with Crippen LogP contribution in [-0.2, 0) is 12.7 Å². The van der Waals surface area contributed by atoms with Crippen LogP contribution in [0.4, 0.5) is 4.39 Å². The van der Waals surface area contributed by atoms with E-state index < -0.39 is 5.67 Å². The second-order valence-electron chi connectivity index (χ2n) is 2.96. The number of aromatic nitrogens is 2. The van der Waals surface area contributed by atoms with E-state index in [-0.39, 0.29) is 0 Å². The fourth-order valence-electron chi connectivity index (χ4n) is 1.11. The highest BCUT2D eigenvalue weighted by molar-refractivity contribution is 14.1. The molecule has 4 heteroatoms. The van der Waals surface area contributed by atoms with Crippen molar-refractivity contribution in [3.63, 3.8) is 0 Å². The molecule has 1 aliphatic rings. The van der Waals surface area contributed by atoms with Gasteiger partial charge < -0.3 is 0 Å². The first-order chi connectivity index (χ1) is 5.12. The highest BCUT2D eigenvalue weighted by atomic mass is 127. The van der Waals surface area contributed by atoms with Gasteiger partial charge in [0.15, 0.2) is 5.67 Å². The molecule has 60 valence electrons. The average Bonchev–Trinajstić information content (AvgIpc) is 2.55.